The number of alkyl halides is 2. The molecule has 2 aromatic heterocycles. The molecule has 4 atom stereocenters. The lowest BCUT2D eigenvalue weighted by atomic mass is 10.1. The Balaban J connectivity index is 1.39. The van der Waals surface area contributed by atoms with Crippen LogP contribution in [-0.2, 0) is 4.74 Å². The number of nitrogens with two attached hydrogens (primary N) is 1. The number of fused-ring (bicyclic) bond motifs is 1. The summed E-state index contributed by atoms with van der Waals surface area (Å²) in [5, 5.41) is 0. The highest BCUT2D eigenvalue weighted by Gasteiger charge is 2.57. The first-order chi connectivity index (χ1) is 14.9. The first kappa shape index (κ1) is 20.5. The van der Waals surface area contributed by atoms with Crippen molar-refractivity contribution < 1.29 is 18.3 Å². The lowest BCUT2D eigenvalue weighted by molar-refractivity contribution is -0.0494. The average Bonchev–Trinajstić information content (AvgIpc) is 3.66. The summed E-state index contributed by atoms with van der Waals surface area (Å²) in [6, 6.07) is 3.47. The van der Waals surface area contributed by atoms with E-state index < -0.39 is 6.61 Å². The van der Waals surface area contributed by atoms with E-state index in [0.717, 1.165) is 44.0 Å². The molecule has 2 saturated carbocycles. The molecule has 5 rings (SSSR count). The van der Waals surface area contributed by atoms with Gasteiger partial charge in [-0.2, -0.15) is 8.78 Å². The largest absolute Gasteiger partial charge is 0.431 e. The maximum atomic E-state index is 12.7. The first-order valence-electron chi connectivity index (χ1n) is 10.8. The normalized spacial score (nSPS) is 26.2. The molecule has 1 aliphatic heterocycles. The first-order valence-corrected chi connectivity index (χ1v) is 10.8. The Hall–Kier alpha value is -2.39. The number of nitrogens with zero attached hydrogens (tertiary/aromatic N) is 4. The highest BCUT2D eigenvalue weighted by Crippen LogP contribution is 2.58. The second kappa shape index (κ2) is 7.94. The predicted molar refractivity (Wildman–Crippen MR) is 111 cm³/mol. The molecule has 0 spiro atoms. The molecule has 3 fully saturated rings. The minimum absolute atomic E-state index is 0.0668. The Bertz CT molecular complexity index is 959. The number of methoxy groups -OCH3 is 1. The van der Waals surface area contributed by atoms with Crippen LogP contribution in [0.4, 0.5) is 14.6 Å². The number of nitrogen functional groups attached to an aromatic ring is 1. The van der Waals surface area contributed by atoms with Crippen molar-refractivity contribution in [2.75, 3.05) is 32.5 Å². The molecular formula is C22H27F2N5O2. The predicted octanol–water partition coefficient (Wildman–Crippen LogP) is 3.28. The zero-order valence-electron chi connectivity index (χ0n) is 17.7. The molecule has 0 bridgehead atoms. The molecule has 9 heteroatoms. The van der Waals surface area contributed by atoms with Gasteiger partial charge in [-0.3, -0.25) is 0 Å². The van der Waals surface area contributed by atoms with Gasteiger partial charge in [0, 0.05) is 56.0 Å². The Kier molecular flexibility index (Phi) is 5.26. The van der Waals surface area contributed by atoms with E-state index in [0.29, 0.717) is 34.9 Å². The van der Waals surface area contributed by atoms with Gasteiger partial charge >= 0.3 is 6.61 Å². The molecule has 3 aliphatic rings. The summed E-state index contributed by atoms with van der Waals surface area (Å²) >= 11 is 0. The SMILES string of the molecule is CO[C@@H](C)CN1C[C@@H]2C(c3cc(-c4cnc(N)c(OC(F)F)c4)nc(C4CC4)n3)[C@@H]2C1. The van der Waals surface area contributed by atoms with Crippen molar-refractivity contribution in [1.82, 2.24) is 19.9 Å². The minimum atomic E-state index is -2.96. The van der Waals surface area contributed by atoms with E-state index in [1.807, 2.05) is 6.07 Å². The van der Waals surface area contributed by atoms with Crippen molar-refractivity contribution in [3.8, 4) is 17.0 Å². The van der Waals surface area contributed by atoms with E-state index in [2.05, 4.69) is 21.5 Å². The average molecular weight is 431 g/mol. The number of likely N-dealkylation sites (tertiary alicyclic amines) is 1. The van der Waals surface area contributed by atoms with E-state index >= 15 is 0 Å². The van der Waals surface area contributed by atoms with Gasteiger partial charge in [0.05, 0.1) is 11.8 Å². The molecule has 0 aromatic carbocycles. The number of hydrogen-bond acceptors (Lipinski definition) is 7. The van der Waals surface area contributed by atoms with E-state index in [1.54, 1.807) is 13.3 Å². The molecule has 0 amide bonds. The second-order valence-corrected chi connectivity index (χ2v) is 8.91. The fourth-order valence-corrected chi connectivity index (χ4v) is 4.75. The Labute approximate surface area is 180 Å². The second-order valence-electron chi connectivity index (χ2n) is 8.91. The molecule has 31 heavy (non-hydrogen) atoms. The lowest BCUT2D eigenvalue weighted by Crippen LogP contribution is -2.32. The number of piperidine rings is 1. The lowest BCUT2D eigenvalue weighted by Gasteiger charge is -2.22. The molecule has 166 valence electrons. The van der Waals surface area contributed by atoms with Crippen LogP contribution in [0.5, 0.6) is 5.75 Å². The molecule has 2 aliphatic carbocycles. The summed E-state index contributed by atoms with van der Waals surface area (Å²) in [6.07, 6.45) is 3.95. The summed E-state index contributed by atoms with van der Waals surface area (Å²) in [6.45, 7) is 2.18. The van der Waals surface area contributed by atoms with Gasteiger partial charge in [-0.1, -0.05) is 0 Å². The van der Waals surface area contributed by atoms with Gasteiger partial charge in [0.2, 0.25) is 0 Å². The number of pyridine rings is 1. The molecule has 0 radical (unpaired) electrons. The van der Waals surface area contributed by atoms with Crippen LogP contribution in [0, 0.1) is 11.8 Å². The van der Waals surface area contributed by atoms with Gasteiger partial charge in [-0.15, -0.1) is 0 Å². The number of aromatic nitrogens is 3. The highest BCUT2D eigenvalue weighted by molar-refractivity contribution is 5.64. The van der Waals surface area contributed by atoms with Gasteiger partial charge in [0.15, 0.2) is 11.6 Å². The number of ether oxygens (including phenoxy) is 2. The van der Waals surface area contributed by atoms with Crippen molar-refractivity contribution in [2.45, 2.75) is 44.3 Å². The Morgan fingerprint density at radius 3 is 2.58 bits per heavy atom. The topological polar surface area (TPSA) is 86.4 Å². The van der Waals surface area contributed by atoms with Crippen molar-refractivity contribution in [2.24, 2.45) is 11.8 Å². The summed E-state index contributed by atoms with van der Waals surface area (Å²) in [4.78, 5) is 16.1. The van der Waals surface area contributed by atoms with Crippen molar-refractivity contribution in [3.63, 3.8) is 0 Å². The number of anilines is 1. The summed E-state index contributed by atoms with van der Waals surface area (Å²) < 4.78 is 35.3. The molecule has 1 saturated heterocycles. The maximum Gasteiger partial charge on any atom is 0.387 e. The smallest absolute Gasteiger partial charge is 0.387 e. The molecular weight excluding hydrogens is 404 g/mol. The molecule has 3 heterocycles. The maximum absolute atomic E-state index is 12.7. The quantitative estimate of drug-likeness (QED) is 0.686. The minimum Gasteiger partial charge on any atom is -0.431 e. The van der Waals surface area contributed by atoms with Crippen LogP contribution in [0.3, 0.4) is 0 Å². The fraction of sp³-hybridized carbons (Fsp3) is 0.591. The van der Waals surface area contributed by atoms with Crippen LogP contribution < -0.4 is 10.5 Å². The molecule has 7 nitrogen and oxygen atoms in total. The van der Waals surface area contributed by atoms with Gasteiger partial charge < -0.3 is 20.1 Å². The summed E-state index contributed by atoms with van der Waals surface area (Å²) in [5.74, 6) is 2.65. The van der Waals surface area contributed by atoms with Crippen molar-refractivity contribution in [1.29, 1.82) is 0 Å². The van der Waals surface area contributed by atoms with Crippen LogP contribution in [0.25, 0.3) is 11.3 Å². The number of rotatable bonds is 8. The van der Waals surface area contributed by atoms with Gasteiger partial charge in [0.1, 0.15) is 5.82 Å². The van der Waals surface area contributed by atoms with Crippen LogP contribution in [0.15, 0.2) is 18.3 Å². The molecule has 2 aromatic rings. The summed E-state index contributed by atoms with van der Waals surface area (Å²) in [7, 11) is 1.75. The van der Waals surface area contributed by atoms with Crippen LogP contribution in [0.2, 0.25) is 0 Å². The van der Waals surface area contributed by atoms with Crippen LogP contribution in [-0.4, -0.2) is 59.3 Å². The summed E-state index contributed by atoms with van der Waals surface area (Å²) in [5.41, 5.74) is 8.04. The standard InChI is InChI=1S/C22H27F2N5O2/c1-11(30-2)8-29-9-14-15(10-29)19(14)17-6-16(27-21(28-17)12-3-4-12)13-5-18(31-22(23)24)20(25)26-7-13/h5-7,11-12,14-15,19,22H,3-4,8-10H2,1-2H3,(H2,25,26)/t11-,14-,15+,19?/m0/s1. The van der Waals surface area contributed by atoms with E-state index in [9.17, 15) is 8.78 Å². The van der Waals surface area contributed by atoms with E-state index in [4.69, 9.17) is 20.4 Å². The fourth-order valence-electron chi connectivity index (χ4n) is 4.75. The van der Waals surface area contributed by atoms with Gasteiger partial charge in [-0.25, -0.2) is 15.0 Å². The Morgan fingerprint density at radius 2 is 1.94 bits per heavy atom. The van der Waals surface area contributed by atoms with Crippen LogP contribution in [0.1, 0.15) is 43.1 Å². The highest BCUT2D eigenvalue weighted by atomic mass is 19.3. The Morgan fingerprint density at radius 1 is 1.19 bits per heavy atom. The third-order valence-corrected chi connectivity index (χ3v) is 6.63. The number of hydrogen-bond donors (Lipinski definition) is 1. The van der Waals surface area contributed by atoms with E-state index in [-0.39, 0.29) is 17.7 Å². The third kappa shape index (κ3) is 4.21. The zero-order chi connectivity index (χ0) is 21.7. The monoisotopic (exact) mass is 431 g/mol. The van der Waals surface area contributed by atoms with Crippen LogP contribution >= 0.6 is 0 Å². The van der Waals surface area contributed by atoms with Crippen molar-refractivity contribution >= 4 is 5.82 Å². The molecule has 2 N–H and O–H groups in total. The number of halogens is 2. The third-order valence-electron chi connectivity index (χ3n) is 6.63. The molecule has 1 unspecified atom stereocenters. The zero-order valence-corrected chi connectivity index (χ0v) is 17.7. The van der Waals surface area contributed by atoms with E-state index in [1.165, 1.54) is 6.07 Å². The van der Waals surface area contributed by atoms with Gasteiger partial charge in [0.25, 0.3) is 0 Å². The van der Waals surface area contributed by atoms with Gasteiger partial charge in [-0.05, 0) is 43.7 Å². The van der Waals surface area contributed by atoms with Crippen molar-refractivity contribution in [3.05, 3.63) is 29.8 Å².